The van der Waals surface area contributed by atoms with Crippen molar-refractivity contribution in [3.05, 3.63) is 58.5 Å². The second-order valence-corrected chi connectivity index (χ2v) is 4.88. The van der Waals surface area contributed by atoms with Crippen LogP contribution in [0.2, 0.25) is 5.02 Å². The summed E-state index contributed by atoms with van der Waals surface area (Å²) >= 11 is 5.81. The third-order valence-electron chi connectivity index (χ3n) is 2.89. The number of benzene rings is 1. The normalized spacial score (nSPS) is 13.0. The summed E-state index contributed by atoms with van der Waals surface area (Å²) in [6.07, 6.45) is -3.77. The Bertz CT molecular complexity index is 626. The van der Waals surface area contributed by atoms with E-state index in [0.717, 1.165) is 11.6 Å². The van der Waals surface area contributed by atoms with E-state index in [4.69, 9.17) is 11.6 Å². The predicted octanol–water partition coefficient (Wildman–Crippen LogP) is 5.07. The monoisotopic (exact) mass is 318 g/mol. The maximum absolute atomic E-state index is 12.8. The van der Waals surface area contributed by atoms with Gasteiger partial charge in [0, 0.05) is 12.2 Å². The van der Waals surface area contributed by atoms with Gasteiger partial charge in [-0.1, -0.05) is 23.7 Å². The molecule has 21 heavy (non-hydrogen) atoms. The van der Waals surface area contributed by atoms with Crippen molar-refractivity contribution in [3.63, 3.8) is 0 Å². The molecule has 0 aliphatic heterocycles. The fourth-order valence-electron chi connectivity index (χ4n) is 1.74. The van der Waals surface area contributed by atoms with Gasteiger partial charge < -0.3 is 5.32 Å². The van der Waals surface area contributed by atoms with E-state index in [1.165, 1.54) is 12.1 Å². The average molecular weight is 319 g/mol. The number of hydrogen-bond donors (Lipinski definition) is 1. The van der Waals surface area contributed by atoms with E-state index in [2.05, 4.69) is 10.3 Å². The zero-order chi connectivity index (χ0) is 15.6. The first-order chi connectivity index (χ1) is 9.77. The molecule has 0 aliphatic rings. The number of nitrogens with zero attached hydrogens (tertiary/aromatic N) is 1. The lowest BCUT2D eigenvalue weighted by atomic mass is 10.1. The second-order valence-electron chi connectivity index (χ2n) is 4.47. The quantitative estimate of drug-likeness (QED) is 0.800. The molecule has 1 unspecified atom stereocenters. The van der Waals surface area contributed by atoms with Gasteiger partial charge in [-0.05, 0) is 30.7 Å². The lowest BCUT2D eigenvalue weighted by Crippen LogP contribution is -2.10. The van der Waals surface area contributed by atoms with Crippen LogP contribution in [0.25, 0.3) is 0 Å². The summed E-state index contributed by atoms with van der Waals surface area (Å²) in [5, 5.41) is 2.77. The Morgan fingerprint density at radius 1 is 1.19 bits per heavy atom. The molecule has 0 saturated carbocycles. The Balaban J connectivity index is 2.18. The summed E-state index contributed by atoms with van der Waals surface area (Å²) in [6, 6.07) is 6.28. The van der Waals surface area contributed by atoms with E-state index in [1.54, 1.807) is 19.1 Å². The summed E-state index contributed by atoms with van der Waals surface area (Å²) in [5.41, 5.74) is -0.151. The number of nitrogens with one attached hydrogen (secondary N) is 1. The minimum atomic E-state index is -4.49. The van der Waals surface area contributed by atoms with Crippen LogP contribution in [0.1, 0.15) is 24.1 Å². The zero-order valence-corrected chi connectivity index (χ0v) is 11.6. The van der Waals surface area contributed by atoms with Gasteiger partial charge in [0.25, 0.3) is 0 Å². The van der Waals surface area contributed by atoms with Gasteiger partial charge in [0.1, 0.15) is 11.6 Å². The Labute approximate surface area is 123 Å². The zero-order valence-electron chi connectivity index (χ0n) is 10.9. The lowest BCUT2D eigenvalue weighted by Gasteiger charge is -2.16. The van der Waals surface area contributed by atoms with Gasteiger partial charge in [-0.2, -0.15) is 13.2 Å². The van der Waals surface area contributed by atoms with Crippen LogP contribution in [-0.4, -0.2) is 4.98 Å². The molecule has 1 atom stereocenters. The van der Waals surface area contributed by atoms with E-state index in [-0.39, 0.29) is 22.7 Å². The van der Waals surface area contributed by atoms with Crippen LogP contribution < -0.4 is 5.32 Å². The van der Waals surface area contributed by atoms with E-state index in [1.807, 2.05) is 0 Å². The van der Waals surface area contributed by atoms with Crippen LogP contribution in [0.3, 0.4) is 0 Å². The molecule has 2 rings (SSSR count). The summed E-state index contributed by atoms with van der Waals surface area (Å²) in [4.78, 5) is 3.69. The first-order valence-electron chi connectivity index (χ1n) is 6.02. The molecule has 0 aliphatic carbocycles. The highest BCUT2D eigenvalue weighted by Crippen LogP contribution is 2.33. The Morgan fingerprint density at radius 2 is 1.81 bits per heavy atom. The number of pyridine rings is 1. The molecule has 7 heteroatoms. The minimum absolute atomic E-state index is 0.126. The van der Waals surface area contributed by atoms with Crippen molar-refractivity contribution in [2.24, 2.45) is 0 Å². The highest BCUT2D eigenvalue weighted by atomic mass is 35.5. The van der Waals surface area contributed by atoms with E-state index >= 15 is 0 Å². The molecule has 0 fully saturated rings. The van der Waals surface area contributed by atoms with Crippen LogP contribution in [0.15, 0.2) is 36.5 Å². The second kappa shape index (κ2) is 5.89. The standard InChI is InChI=1S/C14H11ClF4N2/c1-8(9-2-4-11(16)5-3-9)21-13-12(15)6-10(7-20-13)14(17,18)19/h2-8H,1H3,(H,20,21). The van der Waals surface area contributed by atoms with Crippen molar-refractivity contribution >= 4 is 17.4 Å². The molecule has 2 aromatic rings. The van der Waals surface area contributed by atoms with Crippen molar-refractivity contribution in [1.82, 2.24) is 4.98 Å². The van der Waals surface area contributed by atoms with Crippen LogP contribution >= 0.6 is 11.6 Å². The van der Waals surface area contributed by atoms with Crippen LogP contribution in [0, 0.1) is 5.82 Å². The summed E-state index contributed by atoms with van der Waals surface area (Å²) in [6.45, 7) is 1.77. The van der Waals surface area contributed by atoms with Gasteiger partial charge in [-0.3, -0.25) is 0 Å². The number of alkyl halides is 3. The molecule has 0 spiro atoms. The molecular weight excluding hydrogens is 308 g/mol. The fraction of sp³-hybridized carbons (Fsp3) is 0.214. The topological polar surface area (TPSA) is 24.9 Å². The third-order valence-corrected chi connectivity index (χ3v) is 3.18. The summed E-state index contributed by atoms with van der Waals surface area (Å²) in [5.74, 6) is -0.224. The molecule has 112 valence electrons. The molecule has 0 radical (unpaired) electrons. The summed E-state index contributed by atoms with van der Waals surface area (Å²) in [7, 11) is 0. The molecular formula is C14H11ClF4N2. The fourth-order valence-corrected chi connectivity index (χ4v) is 1.96. The maximum atomic E-state index is 12.8. The number of anilines is 1. The number of rotatable bonds is 3. The van der Waals surface area contributed by atoms with Crippen molar-refractivity contribution in [3.8, 4) is 0 Å². The SMILES string of the molecule is CC(Nc1ncc(C(F)(F)F)cc1Cl)c1ccc(F)cc1. The van der Waals surface area contributed by atoms with Gasteiger partial charge >= 0.3 is 6.18 Å². The number of halogens is 5. The average Bonchev–Trinajstić information content (AvgIpc) is 2.40. The van der Waals surface area contributed by atoms with E-state index < -0.39 is 11.7 Å². The van der Waals surface area contributed by atoms with Gasteiger partial charge in [0.15, 0.2) is 0 Å². The Kier molecular flexibility index (Phi) is 4.37. The van der Waals surface area contributed by atoms with Gasteiger partial charge in [-0.25, -0.2) is 9.37 Å². The molecule has 0 amide bonds. The van der Waals surface area contributed by atoms with Gasteiger partial charge in [0.05, 0.1) is 10.6 Å². The van der Waals surface area contributed by atoms with Crippen LogP contribution in [0.5, 0.6) is 0 Å². The number of hydrogen-bond acceptors (Lipinski definition) is 2. The smallest absolute Gasteiger partial charge is 0.362 e. The lowest BCUT2D eigenvalue weighted by molar-refractivity contribution is -0.137. The Hall–Kier alpha value is -1.82. The largest absolute Gasteiger partial charge is 0.417 e. The van der Waals surface area contributed by atoms with Gasteiger partial charge in [0.2, 0.25) is 0 Å². The molecule has 0 saturated heterocycles. The van der Waals surface area contributed by atoms with Crippen molar-refractivity contribution in [2.75, 3.05) is 5.32 Å². The first kappa shape index (κ1) is 15.6. The molecule has 1 aromatic heterocycles. The van der Waals surface area contributed by atoms with Crippen LogP contribution in [0.4, 0.5) is 23.4 Å². The Morgan fingerprint density at radius 3 is 2.33 bits per heavy atom. The van der Waals surface area contributed by atoms with Crippen molar-refractivity contribution in [2.45, 2.75) is 19.1 Å². The maximum Gasteiger partial charge on any atom is 0.417 e. The van der Waals surface area contributed by atoms with E-state index in [0.29, 0.717) is 6.20 Å². The number of aromatic nitrogens is 1. The van der Waals surface area contributed by atoms with Crippen LogP contribution in [-0.2, 0) is 6.18 Å². The molecule has 2 nitrogen and oxygen atoms in total. The van der Waals surface area contributed by atoms with Crippen molar-refractivity contribution < 1.29 is 17.6 Å². The first-order valence-corrected chi connectivity index (χ1v) is 6.40. The van der Waals surface area contributed by atoms with Crippen molar-refractivity contribution in [1.29, 1.82) is 0 Å². The minimum Gasteiger partial charge on any atom is -0.362 e. The van der Waals surface area contributed by atoms with E-state index in [9.17, 15) is 17.6 Å². The molecule has 1 N–H and O–H groups in total. The molecule has 0 bridgehead atoms. The van der Waals surface area contributed by atoms with Gasteiger partial charge in [-0.15, -0.1) is 0 Å². The predicted molar refractivity (Wildman–Crippen MR) is 72.7 cm³/mol. The molecule has 1 heterocycles. The highest BCUT2D eigenvalue weighted by molar-refractivity contribution is 6.33. The molecule has 1 aromatic carbocycles. The third kappa shape index (κ3) is 3.85. The highest BCUT2D eigenvalue weighted by Gasteiger charge is 2.31. The summed E-state index contributed by atoms with van der Waals surface area (Å²) < 4.78 is 50.4.